The molecule has 0 bridgehead atoms. The van der Waals surface area contributed by atoms with Crippen LogP contribution in [0.15, 0.2) is 6.33 Å². The lowest BCUT2D eigenvalue weighted by molar-refractivity contribution is 0.0138. The van der Waals surface area contributed by atoms with Crippen molar-refractivity contribution in [1.29, 1.82) is 0 Å². The number of nitrogens with one attached hydrogen (secondary N) is 1. The van der Waals surface area contributed by atoms with Gasteiger partial charge in [0.2, 0.25) is 0 Å². The first kappa shape index (κ1) is 12.5. The topological polar surface area (TPSA) is 52.0 Å². The molecule has 96 valence electrons. The molecule has 2 rings (SSSR count). The van der Waals surface area contributed by atoms with E-state index in [-0.39, 0.29) is 5.41 Å². The van der Waals surface area contributed by atoms with Gasteiger partial charge in [0.25, 0.3) is 0 Å². The Morgan fingerprint density at radius 1 is 1.47 bits per heavy atom. The van der Waals surface area contributed by atoms with Gasteiger partial charge in [0.15, 0.2) is 0 Å². The number of ether oxygens (including phenoxy) is 1. The van der Waals surface area contributed by atoms with E-state index in [0.29, 0.717) is 0 Å². The van der Waals surface area contributed by atoms with E-state index < -0.39 is 0 Å². The van der Waals surface area contributed by atoms with Gasteiger partial charge in [0, 0.05) is 33.2 Å². The van der Waals surface area contributed by atoms with E-state index in [1.54, 1.807) is 6.33 Å². The highest BCUT2D eigenvalue weighted by molar-refractivity contribution is 4.96. The molecule has 0 amide bonds. The number of aryl methyl sites for hydroxylation is 1. The fraction of sp³-hybridized carbons (Fsp3) is 0.833. The quantitative estimate of drug-likeness (QED) is 0.823. The Morgan fingerprint density at radius 2 is 2.24 bits per heavy atom. The van der Waals surface area contributed by atoms with Crippen LogP contribution in [0.5, 0.6) is 0 Å². The molecule has 1 aliphatic rings. The molecule has 0 unspecified atom stereocenters. The van der Waals surface area contributed by atoms with Crippen molar-refractivity contribution in [2.45, 2.75) is 26.2 Å². The normalized spacial score (nSPS) is 19.4. The highest BCUT2D eigenvalue weighted by atomic mass is 16.5. The molecule has 0 aromatic carbocycles. The molecule has 0 spiro atoms. The minimum absolute atomic E-state index is 0.287. The summed E-state index contributed by atoms with van der Waals surface area (Å²) in [5, 5.41) is 7.63. The van der Waals surface area contributed by atoms with Gasteiger partial charge >= 0.3 is 0 Å². The molecule has 1 aliphatic heterocycles. The van der Waals surface area contributed by atoms with Crippen LogP contribution in [0.4, 0.5) is 0 Å². The summed E-state index contributed by atoms with van der Waals surface area (Å²) in [4.78, 5) is 4.35. The first-order chi connectivity index (χ1) is 8.26. The number of hydrogen-bond donors (Lipinski definition) is 1. The highest BCUT2D eigenvalue weighted by Crippen LogP contribution is 2.33. The SMILES string of the molecule is CCNCC1(Cc2ncnn2C)CCOCC1. The molecule has 1 aromatic heterocycles. The zero-order chi connectivity index (χ0) is 12.1. The minimum Gasteiger partial charge on any atom is -0.381 e. The van der Waals surface area contributed by atoms with Crippen LogP contribution in [0.1, 0.15) is 25.6 Å². The first-order valence-corrected chi connectivity index (χ1v) is 6.37. The largest absolute Gasteiger partial charge is 0.381 e. The van der Waals surface area contributed by atoms with Crippen molar-refractivity contribution >= 4 is 0 Å². The van der Waals surface area contributed by atoms with Gasteiger partial charge in [-0.3, -0.25) is 4.68 Å². The van der Waals surface area contributed by atoms with E-state index in [0.717, 1.165) is 51.4 Å². The summed E-state index contributed by atoms with van der Waals surface area (Å²) in [5.74, 6) is 1.07. The van der Waals surface area contributed by atoms with Gasteiger partial charge < -0.3 is 10.1 Å². The molecular weight excluding hydrogens is 216 g/mol. The molecule has 0 atom stereocenters. The van der Waals surface area contributed by atoms with Gasteiger partial charge in [-0.1, -0.05) is 6.92 Å². The van der Waals surface area contributed by atoms with Crippen LogP contribution in [0, 0.1) is 5.41 Å². The molecule has 5 heteroatoms. The predicted molar refractivity (Wildman–Crippen MR) is 65.7 cm³/mol. The molecule has 5 nitrogen and oxygen atoms in total. The third-order valence-electron chi connectivity index (χ3n) is 3.64. The van der Waals surface area contributed by atoms with Crippen LogP contribution in [0.3, 0.4) is 0 Å². The summed E-state index contributed by atoms with van der Waals surface area (Å²) in [7, 11) is 1.96. The highest BCUT2D eigenvalue weighted by Gasteiger charge is 2.33. The van der Waals surface area contributed by atoms with Gasteiger partial charge in [0.05, 0.1) is 0 Å². The number of hydrogen-bond acceptors (Lipinski definition) is 4. The van der Waals surface area contributed by atoms with Crippen molar-refractivity contribution in [2.75, 3.05) is 26.3 Å². The second kappa shape index (κ2) is 5.60. The van der Waals surface area contributed by atoms with E-state index in [1.165, 1.54) is 0 Å². The van der Waals surface area contributed by atoms with E-state index in [1.807, 2.05) is 11.7 Å². The van der Waals surface area contributed by atoms with Crippen LogP contribution in [-0.2, 0) is 18.2 Å². The van der Waals surface area contributed by atoms with Gasteiger partial charge in [-0.2, -0.15) is 5.10 Å². The molecule has 1 saturated heterocycles. The fourth-order valence-corrected chi connectivity index (χ4v) is 2.43. The van der Waals surface area contributed by atoms with E-state index in [9.17, 15) is 0 Å². The van der Waals surface area contributed by atoms with E-state index in [4.69, 9.17) is 4.74 Å². The maximum absolute atomic E-state index is 5.48. The summed E-state index contributed by atoms with van der Waals surface area (Å²) in [6, 6.07) is 0. The van der Waals surface area contributed by atoms with Crippen LogP contribution in [0.25, 0.3) is 0 Å². The molecule has 0 saturated carbocycles. The summed E-state index contributed by atoms with van der Waals surface area (Å²) in [5.41, 5.74) is 0.287. The van der Waals surface area contributed by atoms with Crippen LogP contribution >= 0.6 is 0 Å². The van der Waals surface area contributed by atoms with Gasteiger partial charge in [-0.25, -0.2) is 4.98 Å². The Labute approximate surface area is 103 Å². The number of nitrogens with zero attached hydrogens (tertiary/aromatic N) is 3. The molecule has 0 radical (unpaired) electrons. The lowest BCUT2D eigenvalue weighted by atomic mass is 9.77. The summed E-state index contributed by atoms with van der Waals surface area (Å²) >= 11 is 0. The van der Waals surface area contributed by atoms with Crippen molar-refractivity contribution in [3.8, 4) is 0 Å². The molecular formula is C12H22N4O. The number of rotatable bonds is 5. The Kier molecular flexibility index (Phi) is 4.12. The molecule has 1 aromatic rings. The Morgan fingerprint density at radius 3 is 2.82 bits per heavy atom. The monoisotopic (exact) mass is 238 g/mol. The van der Waals surface area contributed by atoms with Gasteiger partial charge in [0.1, 0.15) is 12.2 Å². The van der Waals surface area contributed by atoms with Crippen molar-refractivity contribution in [2.24, 2.45) is 12.5 Å². The summed E-state index contributed by atoms with van der Waals surface area (Å²) in [6.07, 6.45) is 4.83. The van der Waals surface area contributed by atoms with Crippen LogP contribution in [-0.4, -0.2) is 41.1 Å². The van der Waals surface area contributed by atoms with Crippen LogP contribution in [0.2, 0.25) is 0 Å². The zero-order valence-corrected chi connectivity index (χ0v) is 10.8. The van der Waals surface area contributed by atoms with E-state index >= 15 is 0 Å². The Hall–Kier alpha value is -0.940. The number of aromatic nitrogens is 3. The average Bonchev–Trinajstić information content (AvgIpc) is 2.74. The van der Waals surface area contributed by atoms with Gasteiger partial charge in [-0.15, -0.1) is 0 Å². The maximum atomic E-state index is 5.48. The minimum atomic E-state index is 0.287. The second-order valence-electron chi connectivity index (χ2n) is 4.87. The smallest absolute Gasteiger partial charge is 0.138 e. The molecule has 2 heterocycles. The fourth-order valence-electron chi connectivity index (χ4n) is 2.43. The summed E-state index contributed by atoms with van der Waals surface area (Å²) < 4.78 is 7.36. The third-order valence-corrected chi connectivity index (χ3v) is 3.64. The van der Waals surface area contributed by atoms with Gasteiger partial charge in [-0.05, 0) is 24.8 Å². The van der Waals surface area contributed by atoms with Crippen molar-refractivity contribution in [3.05, 3.63) is 12.2 Å². The molecule has 0 aliphatic carbocycles. The van der Waals surface area contributed by atoms with Crippen molar-refractivity contribution < 1.29 is 4.74 Å². The van der Waals surface area contributed by atoms with E-state index in [2.05, 4.69) is 22.3 Å². The standard InChI is InChI=1S/C12H22N4O/c1-3-13-9-12(4-6-17-7-5-12)8-11-14-10-15-16(11)2/h10,13H,3-9H2,1-2H3. The maximum Gasteiger partial charge on any atom is 0.138 e. The average molecular weight is 238 g/mol. The molecule has 17 heavy (non-hydrogen) atoms. The molecule has 1 N–H and O–H groups in total. The third kappa shape index (κ3) is 3.04. The zero-order valence-electron chi connectivity index (χ0n) is 10.8. The lowest BCUT2D eigenvalue weighted by Gasteiger charge is -2.37. The Bertz CT molecular complexity index is 344. The van der Waals surface area contributed by atoms with Crippen molar-refractivity contribution in [1.82, 2.24) is 20.1 Å². The lowest BCUT2D eigenvalue weighted by Crippen LogP contribution is -2.41. The first-order valence-electron chi connectivity index (χ1n) is 6.37. The Balaban J connectivity index is 2.07. The summed E-state index contributed by atoms with van der Waals surface area (Å²) in [6.45, 7) is 5.93. The van der Waals surface area contributed by atoms with Crippen LogP contribution < -0.4 is 5.32 Å². The second-order valence-corrected chi connectivity index (χ2v) is 4.87. The van der Waals surface area contributed by atoms with Crippen molar-refractivity contribution in [3.63, 3.8) is 0 Å². The molecule has 1 fully saturated rings. The predicted octanol–water partition coefficient (Wildman–Crippen LogP) is 0.764.